The Balaban J connectivity index is 1.35. The lowest BCUT2D eigenvalue weighted by atomic mass is 9.90. The molecule has 0 saturated carbocycles. The summed E-state index contributed by atoms with van der Waals surface area (Å²) in [7, 11) is 0. The summed E-state index contributed by atoms with van der Waals surface area (Å²) in [6, 6.07) is 7.80. The first-order chi connectivity index (χ1) is 14.6. The van der Waals surface area contributed by atoms with E-state index in [1.807, 2.05) is 22.8 Å². The second-order valence-electron chi connectivity index (χ2n) is 7.61. The molecular formula is C21H21ClN4O2S2. The summed E-state index contributed by atoms with van der Waals surface area (Å²) in [5.41, 5.74) is 3.20. The first-order valence-corrected chi connectivity index (χ1v) is 12.1. The molecule has 0 saturated heterocycles. The van der Waals surface area contributed by atoms with Crippen LogP contribution in [-0.4, -0.2) is 31.5 Å². The standard InChI is InChI=1S/C21H21ClN4O2S2/c1-12-2-5-17-13(8-12)9-18(30-17)20-24-25-21(28-20)29-11-19-23-15-4-3-14(22)10-16(15)26(19)6-7-27/h3-4,9-10,12,27H,2,5-8,11H2,1H3. The molecule has 156 valence electrons. The lowest BCUT2D eigenvalue weighted by Gasteiger charge is -2.16. The van der Waals surface area contributed by atoms with Crippen molar-refractivity contribution in [3.63, 3.8) is 0 Å². The number of aliphatic hydroxyl groups excluding tert-OH is 1. The molecule has 1 aliphatic carbocycles. The highest BCUT2D eigenvalue weighted by atomic mass is 35.5. The van der Waals surface area contributed by atoms with Gasteiger partial charge < -0.3 is 14.1 Å². The quantitative estimate of drug-likeness (QED) is 0.398. The predicted molar refractivity (Wildman–Crippen MR) is 120 cm³/mol. The normalized spacial score (nSPS) is 16.3. The van der Waals surface area contributed by atoms with E-state index in [0.29, 0.717) is 28.4 Å². The van der Waals surface area contributed by atoms with Crippen molar-refractivity contribution in [1.82, 2.24) is 19.7 Å². The molecular weight excluding hydrogens is 440 g/mol. The maximum absolute atomic E-state index is 9.46. The Morgan fingerprint density at radius 3 is 3.10 bits per heavy atom. The van der Waals surface area contributed by atoms with Crippen LogP contribution < -0.4 is 0 Å². The van der Waals surface area contributed by atoms with E-state index in [0.717, 1.165) is 40.5 Å². The second kappa shape index (κ2) is 8.34. The van der Waals surface area contributed by atoms with E-state index in [4.69, 9.17) is 16.0 Å². The topological polar surface area (TPSA) is 77.0 Å². The molecule has 3 aromatic heterocycles. The lowest BCUT2D eigenvalue weighted by molar-refractivity contribution is 0.276. The third kappa shape index (κ3) is 3.89. The van der Waals surface area contributed by atoms with Gasteiger partial charge in [0.05, 0.1) is 28.3 Å². The number of rotatable bonds is 6. The van der Waals surface area contributed by atoms with Crippen molar-refractivity contribution >= 4 is 45.7 Å². The third-order valence-corrected chi connectivity index (χ3v) is 7.66. The van der Waals surface area contributed by atoms with E-state index in [9.17, 15) is 5.11 Å². The number of benzene rings is 1. The number of fused-ring (bicyclic) bond motifs is 2. The fourth-order valence-corrected chi connectivity index (χ4v) is 5.92. The molecule has 0 fully saturated rings. The zero-order chi connectivity index (χ0) is 20.7. The van der Waals surface area contributed by atoms with Crippen LogP contribution in [0.3, 0.4) is 0 Å². The van der Waals surface area contributed by atoms with Gasteiger partial charge in [0.2, 0.25) is 0 Å². The van der Waals surface area contributed by atoms with Crippen molar-refractivity contribution in [2.75, 3.05) is 6.61 Å². The van der Waals surface area contributed by atoms with Gasteiger partial charge in [-0.2, -0.15) is 0 Å². The molecule has 1 aromatic carbocycles. The van der Waals surface area contributed by atoms with Gasteiger partial charge in [0.1, 0.15) is 5.82 Å². The fourth-order valence-electron chi connectivity index (χ4n) is 3.91. The van der Waals surface area contributed by atoms with Gasteiger partial charge >= 0.3 is 0 Å². The molecule has 0 bridgehead atoms. The highest BCUT2D eigenvalue weighted by Crippen LogP contribution is 2.37. The van der Waals surface area contributed by atoms with Crippen LogP contribution in [0.5, 0.6) is 0 Å². The number of aryl methyl sites for hydroxylation is 1. The highest BCUT2D eigenvalue weighted by molar-refractivity contribution is 7.98. The summed E-state index contributed by atoms with van der Waals surface area (Å²) in [6.45, 7) is 2.79. The average Bonchev–Trinajstić information content (AvgIpc) is 3.43. The molecule has 6 nitrogen and oxygen atoms in total. The number of thiophene rings is 1. The van der Waals surface area contributed by atoms with Crippen molar-refractivity contribution in [2.24, 2.45) is 5.92 Å². The molecule has 0 spiro atoms. The number of nitrogens with zero attached hydrogens (tertiary/aromatic N) is 4. The molecule has 1 aliphatic rings. The summed E-state index contributed by atoms with van der Waals surface area (Å²) in [5, 5.41) is 19.1. The highest BCUT2D eigenvalue weighted by Gasteiger charge is 2.21. The number of thioether (sulfide) groups is 1. The van der Waals surface area contributed by atoms with Gasteiger partial charge in [-0.15, -0.1) is 21.5 Å². The number of aromatic nitrogens is 4. The van der Waals surface area contributed by atoms with Gasteiger partial charge in [-0.25, -0.2) is 4.98 Å². The van der Waals surface area contributed by atoms with Crippen LogP contribution in [0.1, 0.15) is 29.6 Å². The molecule has 4 aromatic rings. The van der Waals surface area contributed by atoms with Crippen LogP contribution in [0.15, 0.2) is 33.9 Å². The Kier molecular flexibility index (Phi) is 5.58. The van der Waals surface area contributed by atoms with Crippen molar-refractivity contribution < 1.29 is 9.52 Å². The molecule has 0 amide bonds. The minimum atomic E-state index is 0.0298. The number of aliphatic hydroxyl groups is 1. The monoisotopic (exact) mass is 460 g/mol. The van der Waals surface area contributed by atoms with Gasteiger partial charge in [0.15, 0.2) is 0 Å². The number of hydrogen-bond acceptors (Lipinski definition) is 7. The molecule has 0 radical (unpaired) electrons. The molecule has 1 atom stereocenters. The fraction of sp³-hybridized carbons (Fsp3) is 0.381. The number of halogens is 1. The summed E-state index contributed by atoms with van der Waals surface area (Å²) in [5.74, 6) is 2.72. The summed E-state index contributed by atoms with van der Waals surface area (Å²) < 4.78 is 7.92. The van der Waals surface area contributed by atoms with Crippen molar-refractivity contribution in [3.05, 3.63) is 45.6 Å². The Labute approximate surface area is 187 Å². The van der Waals surface area contributed by atoms with E-state index in [2.05, 4.69) is 28.2 Å². The Morgan fingerprint density at radius 2 is 2.23 bits per heavy atom. The van der Waals surface area contributed by atoms with Gasteiger partial charge in [0.25, 0.3) is 11.1 Å². The Morgan fingerprint density at radius 1 is 1.33 bits per heavy atom. The van der Waals surface area contributed by atoms with Crippen LogP contribution in [0.2, 0.25) is 5.02 Å². The van der Waals surface area contributed by atoms with Gasteiger partial charge in [-0.3, -0.25) is 0 Å². The van der Waals surface area contributed by atoms with Crippen molar-refractivity contribution in [1.29, 1.82) is 0 Å². The number of imidazole rings is 1. The number of hydrogen-bond donors (Lipinski definition) is 1. The van der Waals surface area contributed by atoms with Crippen LogP contribution in [0.25, 0.3) is 21.8 Å². The molecule has 5 rings (SSSR count). The summed E-state index contributed by atoms with van der Waals surface area (Å²) in [4.78, 5) is 7.19. The molecule has 3 heterocycles. The summed E-state index contributed by atoms with van der Waals surface area (Å²) >= 11 is 9.36. The van der Waals surface area contributed by atoms with Gasteiger partial charge in [-0.05, 0) is 55.0 Å². The Hall–Kier alpha value is -1.87. The molecule has 30 heavy (non-hydrogen) atoms. The summed E-state index contributed by atoms with van der Waals surface area (Å²) in [6.07, 6.45) is 3.52. The maximum Gasteiger partial charge on any atom is 0.277 e. The molecule has 9 heteroatoms. The molecule has 1 unspecified atom stereocenters. The lowest BCUT2D eigenvalue weighted by Crippen LogP contribution is -2.07. The van der Waals surface area contributed by atoms with E-state index in [1.54, 1.807) is 11.3 Å². The predicted octanol–water partition coefficient (Wildman–Crippen LogP) is 5.21. The first-order valence-electron chi connectivity index (χ1n) is 9.94. The average molecular weight is 461 g/mol. The van der Waals surface area contributed by atoms with Gasteiger partial charge in [-0.1, -0.05) is 30.3 Å². The van der Waals surface area contributed by atoms with Gasteiger partial charge in [0, 0.05) is 16.4 Å². The zero-order valence-electron chi connectivity index (χ0n) is 16.5. The molecule has 0 aliphatic heterocycles. The molecule has 1 N–H and O–H groups in total. The largest absolute Gasteiger partial charge is 0.410 e. The van der Waals surface area contributed by atoms with Crippen LogP contribution >= 0.6 is 34.7 Å². The second-order valence-corrected chi connectivity index (χ2v) is 10.1. The SMILES string of the molecule is CC1CCc2sc(-c3nnc(SCc4nc5ccc(Cl)cc5n4CCO)o3)cc2C1. The minimum Gasteiger partial charge on any atom is -0.410 e. The van der Waals surface area contributed by atoms with Crippen LogP contribution in [0.4, 0.5) is 0 Å². The van der Waals surface area contributed by atoms with Crippen molar-refractivity contribution in [3.8, 4) is 10.8 Å². The maximum atomic E-state index is 9.46. The minimum absolute atomic E-state index is 0.0298. The first kappa shape index (κ1) is 20.1. The Bertz CT molecular complexity index is 1200. The van der Waals surface area contributed by atoms with E-state index in [1.165, 1.54) is 28.6 Å². The van der Waals surface area contributed by atoms with Crippen LogP contribution in [0, 0.1) is 5.92 Å². The third-order valence-electron chi connectivity index (χ3n) is 5.38. The zero-order valence-corrected chi connectivity index (χ0v) is 18.9. The van der Waals surface area contributed by atoms with E-state index >= 15 is 0 Å². The van der Waals surface area contributed by atoms with Crippen LogP contribution in [-0.2, 0) is 25.1 Å². The van der Waals surface area contributed by atoms with E-state index < -0.39 is 0 Å². The van der Waals surface area contributed by atoms with Crippen molar-refractivity contribution in [2.45, 2.75) is 43.7 Å². The smallest absolute Gasteiger partial charge is 0.277 e. The van der Waals surface area contributed by atoms with E-state index in [-0.39, 0.29) is 6.61 Å².